The van der Waals surface area contributed by atoms with Crippen LogP contribution in [0.15, 0.2) is 48.5 Å². The summed E-state index contributed by atoms with van der Waals surface area (Å²) in [4.78, 5) is 27.8. The summed E-state index contributed by atoms with van der Waals surface area (Å²) in [7, 11) is -3.16. The molecule has 0 aliphatic carbocycles. The van der Waals surface area contributed by atoms with Gasteiger partial charge < -0.3 is 10.6 Å². The molecule has 0 atom stereocenters. The number of rotatable bonds is 6. The molecule has 33 heavy (non-hydrogen) atoms. The van der Waals surface area contributed by atoms with E-state index in [2.05, 4.69) is 15.5 Å². The fraction of sp³-hybridized carbons (Fsp3) is 0.417. The average Bonchev–Trinajstić information content (AvgIpc) is 2.73. The normalized spacial score (nSPS) is 15.8. The molecule has 1 fully saturated rings. The van der Waals surface area contributed by atoms with Crippen LogP contribution in [-0.4, -0.2) is 67.4 Å². The van der Waals surface area contributed by atoms with Gasteiger partial charge in [0.05, 0.1) is 17.5 Å². The van der Waals surface area contributed by atoms with Gasteiger partial charge in [-0.1, -0.05) is 24.3 Å². The standard InChI is InChI=1S/C24H32N4O4S/c1-24(2,3)26-23(30)20-10-5-6-11-21(20)25-22(29)19-9-7-8-18(16-19)17-27-12-14-28(15-13-27)33(4,31)32/h5-11,16H,12-15,17H2,1-4H3,(H,25,29)(H,26,30). The number of sulfonamides is 1. The van der Waals surface area contributed by atoms with Gasteiger partial charge in [0.2, 0.25) is 10.0 Å². The molecule has 0 saturated carbocycles. The van der Waals surface area contributed by atoms with Crippen LogP contribution < -0.4 is 10.6 Å². The van der Waals surface area contributed by atoms with Gasteiger partial charge in [-0.15, -0.1) is 0 Å². The van der Waals surface area contributed by atoms with E-state index in [-0.39, 0.29) is 11.8 Å². The maximum absolute atomic E-state index is 12.9. The first kappa shape index (κ1) is 24.9. The Labute approximate surface area is 196 Å². The van der Waals surface area contributed by atoms with E-state index in [9.17, 15) is 18.0 Å². The van der Waals surface area contributed by atoms with E-state index in [0.29, 0.717) is 49.5 Å². The van der Waals surface area contributed by atoms with Crippen LogP contribution in [0.3, 0.4) is 0 Å². The minimum atomic E-state index is -3.16. The van der Waals surface area contributed by atoms with E-state index in [1.807, 2.05) is 39.0 Å². The zero-order valence-electron chi connectivity index (χ0n) is 19.6. The Morgan fingerprint density at radius 2 is 1.61 bits per heavy atom. The summed E-state index contributed by atoms with van der Waals surface area (Å²) in [6.07, 6.45) is 1.23. The van der Waals surface area contributed by atoms with Crippen molar-refractivity contribution in [3.05, 3.63) is 65.2 Å². The Bertz CT molecular complexity index is 1120. The number of carbonyl (C=O) groups is 2. The summed E-state index contributed by atoms with van der Waals surface area (Å²) in [6, 6.07) is 14.3. The van der Waals surface area contributed by atoms with Gasteiger partial charge in [0.25, 0.3) is 11.8 Å². The van der Waals surface area contributed by atoms with Gasteiger partial charge in [-0.05, 0) is 50.6 Å². The molecule has 2 amide bonds. The van der Waals surface area contributed by atoms with Crippen molar-refractivity contribution in [3.63, 3.8) is 0 Å². The smallest absolute Gasteiger partial charge is 0.255 e. The van der Waals surface area contributed by atoms with E-state index in [1.165, 1.54) is 10.6 Å². The topological polar surface area (TPSA) is 98.8 Å². The molecule has 0 aromatic heterocycles. The molecule has 1 aliphatic heterocycles. The van der Waals surface area contributed by atoms with Crippen LogP contribution in [0.4, 0.5) is 5.69 Å². The lowest BCUT2D eigenvalue weighted by molar-refractivity contribution is 0.0920. The molecule has 0 unspecified atom stereocenters. The number of para-hydroxylation sites is 1. The molecule has 2 aromatic rings. The predicted octanol–water partition coefficient (Wildman–Crippen LogP) is 2.54. The monoisotopic (exact) mass is 472 g/mol. The minimum absolute atomic E-state index is 0.250. The number of hydrogen-bond donors (Lipinski definition) is 2. The highest BCUT2D eigenvalue weighted by molar-refractivity contribution is 7.88. The second-order valence-electron chi connectivity index (χ2n) is 9.34. The van der Waals surface area contributed by atoms with Gasteiger partial charge in [-0.25, -0.2) is 8.42 Å². The molecule has 1 saturated heterocycles. The van der Waals surface area contributed by atoms with Gasteiger partial charge in [-0.2, -0.15) is 4.31 Å². The molecule has 1 heterocycles. The summed E-state index contributed by atoms with van der Waals surface area (Å²) in [5.74, 6) is -0.546. The van der Waals surface area contributed by atoms with E-state index < -0.39 is 15.6 Å². The lowest BCUT2D eigenvalue weighted by Crippen LogP contribution is -2.47. The minimum Gasteiger partial charge on any atom is -0.347 e. The Morgan fingerprint density at radius 3 is 2.24 bits per heavy atom. The number of piperazine rings is 1. The first-order valence-electron chi connectivity index (χ1n) is 10.9. The molecular formula is C24H32N4O4S. The number of amides is 2. The number of nitrogens with one attached hydrogen (secondary N) is 2. The number of nitrogens with zero attached hydrogens (tertiary/aromatic N) is 2. The maximum atomic E-state index is 12.9. The number of benzene rings is 2. The highest BCUT2D eigenvalue weighted by Crippen LogP contribution is 2.18. The van der Waals surface area contributed by atoms with Crippen LogP contribution in [0.25, 0.3) is 0 Å². The van der Waals surface area contributed by atoms with Crippen molar-refractivity contribution >= 4 is 27.5 Å². The first-order chi connectivity index (χ1) is 15.4. The molecule has 3 rings (SSSR count). The third kappa shape index (κ3) is 7.12. The van der Waals surface area contributed by atoms with Crippen LogP contribution in [0.5, 0.6) is 0 Å². The number of anilines is 1. The molecule has 1 aliphatic rings. The summed E-state index contributed by atoms with van der Waals surface area (Å²) in [5, 5.41) is 5.78. The van der Waals surface area contributed by atoms with Crippen molar-refractivity contribution in [2.24, 2.45) is 0 Å². The zero-order valence-corrected chi connectivity index (χ0v) is 20.4. The third-order valence-corrected chi connectivity index (χ3v) is 6.61. The molecule has 0 spiro atoms. The Hall–Kier alpha value is -2.75. The molecule has 8 nitrogen and oxygen atoms in total. The molecule has 178 valence electrons. The van der Waals surface area contributed by atoms with Gasteiger partial charge in [-0.3, -0.25) is 14.5 Å². The molecular weight excluding hydrogens is 440 g/mol. The first-order valence-corrected chi connectivity index (χ1v) is 12.8. The third-order valence-electron chi connectivity index (χ3n) is 5.30. The Balaban J connectivity index is 1.67. The van der Waals surface area contributed by atoms with Crippen molar-refractivity contribution in [1.29, 1.82) is 0 Å². The second-order valence-corrected chi connectivity index (χ2v) is 11.3. The van der Waals surface area contributed by atoms with Crippen LogP contribution in [0, 0.1) is 0 Å². The number of carbonyl (C=O) groups excluding carboxylic acids is 2. The quantitative estimate of drug-likeness (QED) is 0.673. The van der Waals surface area contributed by atoms with Crippen molar-refractivity contribution in [1.82, 2.24) is 14.5 Å². The fourth-order valence-corrected chi connectivity index (χ4v) is 4.51. The van der Waals surface area contributed by atoms with E-state index >= 15 is 0 Å². The predicted molar refractivity (Wildman–Crippen MR) is 130 cm³/mol. The van der Waals surface area contributed by atoms with Gasteiger partial charge in [0.1, 0.15) is 0 Å². The van der Waals surface area contributed by atoms with E-state index in [1.54, 1.807) is 30.3 Å². The van der Waals surface area contributed by atoms with Crippen molar-refractivity contribution in [2.75, 3.05) is 37.8 Å². The summed E-state index contributed by atoms with van der Waals surface area (Å²) in [6.45, 7) is 8.54. The zero-order chi connectivity index (χ0) is 24.2. The highest BCUT2D eigenvalue weighted by atomic mass is 32.2. The van der Waals surface area contributed by atoms with Gasteiger partial charge in [0, 0.05) is 43.8 Å². The van der Waals surface area contributed by atoms with Crippen molar-refractivity contribution in [2.45, 2.75) is 32.9 Å². The lowest BCUT2D eigenvalue weighted by Gasteiger charge is -2.33. The average molecular weight is 473 g/mol. The van der Waals surface area contributed by atoms with Crippen molar-refractivity contribution < 1.29 is 18.0 Å². The highest BCUT2D eigenvalue weighted by Gasteiger charge is 2.23. The van der Waals surface area contributed by atoms with E-state index in [4.69, 9.17) is 0 Å². The van der Waals surface area contributed by atoms with Gasteiger partial charge in [0.15, 0.2) is 0 Å². The van der Waals surface area contributed by atoms with E-state index in [0.717, 1.165) is 5.56 Å². The molecule has 0 radical (unpaired) electrons. The van der Waals surface area contributed by atoms with Gasteiger partial charge >= 0.3 is 0 Å². The fourth-order valence-electron chi connectivity index (χ4n) is 3.68. The second kappa shape index (κ2) is 10.0. The molecule has 2 aromatic carbocycles. The molecule has 0 bridgehead atoms. The maximum Gasteiger partial charge on any atom is 0.255 e. The van der Waals surface area contributed by atoms with Crippen LogP contribution in [0.1, 0.15) is 47.1 Å². The summed E-state index contributed by atoms with van der Waals surface area (Å²) in [5.41, 5.74) is 1.92. The Morgan fingerprint density at radius 1 is 0.939 bits per heavy atom. The molecule has 9 heteroatoms. The largest absolute Gasteiger partial charge is 0.347 e. The Kier molecular flexibility index (Phi) is 7.56. The SMILES string of the molecule is CC(C)(C)NC(=O)c1ccccc1NC(=O)c1cccc(CN2CCN(S(C)(=O)=O)CC2)c1. The number of hydrogen-bond acceptors (Lipinski definition) is 5. The van der Waals surface area contributed by atoms with Crippen LogP contribution in [0.2, 0.25) is 0 Å². The van der Waals surface area contributed by atoms with Crippen molar-refractivity contribution in [3.8, 4) is 0 Å². The van der Waals surface area contributed by atoms with Crippen LogP contribution in [-0.2, 0) is 16.6 Å². The van der Waals surface area contributed by atoms with Crippen LogP contribution >= 0.6 is 0 Å². The summed E-state index contributed by atoms with van der Waals surface area (Å²) < 4.78 is 24.9. The molecule has 2 N–H and O–H groups in total. The lowest BCUT2D eigenvalue weighted by atomic mass is 10.1. The summed E-state index contributed by atoms with van der Waals surface area (Å²) >= 11 is 0.